The van der Waals surface area contributed by atoms with Gasteiger partial charge in [0.1, 0.15) is 0 Å². The van der Waals surface area contributed by atoms with E-state index in [0.717, 1.165) is 6.07 Å². The largest absolute Gasteiger partial charge is 0.509 e. The quantitative estimate of drug-likeness (QED) is 0.753. The van der Waals surface area contributed by atoms with Crippen molar-refractivity contribution in [2.24, 2.45) is 0 Å². The molecule has 0 amide bonds. The number of carbonyl (C=O) groups is 1. The lowest BCUT2D eigenvalue weighted by Gasteiger charge is -2.18. The van der Waals surface area contributed by atoms with Crippen LogP contribution in [-0.4, -0.2) is 18.1 Å². The molecule has 0 spiro atoms. The van der Waals surface area contributed by atoms with Gasteiger partial charge in [0.15, 0.2) is 0 Å². The molecule has 1 aromatic carbocycles. The number of benzene rings is 1. The Kier molecular flexibility index (Phi) is 2.83. The van der Waals surface area contributed by atoms with Crippen molar-refractivity contribution < 1.29 is 22.8 Å². The van der Waals surface area contributed by atoms with Gasteiger partial charge < -0.3 is 18.1 Å². The molecule has 0 saturated heterocycles. The molecular formula is C8H7BF3O2-. The van der Waals surface area contributed by atoms with Crippen LogP contribution < -0.4 is 5.46 Å². The first-order valence-electron chi connectivity index (χ1n) is 3.91. The fourth-order valence-corrected chi connectivity index (χ4v) is 1.18. The standard InChI is InChI=1S/C8H7BF3O2/c10-9(11,12)7-4-2-1-3-6(7)5-8(13)14/h1-4H,5H2,(H,13,14)/q-1. The molecule has 0 aliphatic rings. The molecule has 14 heavy (non-hydrogen) atoms. The number of carboxylic acids is 1. The molecule has 0 radical (unpaired) electrons. The molecule has 2 nitrogen and oxygen atoms in total. The maximum atomic E-state index is 12.4. The third-order valence-corrected chi connectivity index (χ3v) is 1.75. The number of hydrogen-bond donors (Lipinski definition) is 1. The van der Waals surface area contributed by atoms with E-state index in [1.807, 2.05) is 0 Å². The van der Waals surface area contributed by atoms with Crippen LogP contribution in [-0.2, 0) is 11.2 Å². The van der Waals surface area contributed by atoms with Crippen molar-refractivity contribution in [3.05, 3.63) is 29.8 Å². The molecule has 6 heteroatoms. The van der Waals surface area contributed by atoms with E-state index >= 15 is 0 Å². The van der Waals surface area contributed by atoms with E-state index in [1.54, 1.807) is 0 Å². The highest BCUT2D eigenvalue weighted by Gasteiger charge is 2.28. The molecule has 0 atom stereocenters. The fourth-order valence-electron chi connectivity index (χ4n) is 1.18. The van der Waals surface area contributed by atoms with Gasteiger partial charge in [-0.2, -0.15) is 0 Å². The second-order valence-corrected chi connectivity index (χ2v) is 2.84. The van der Waals surface area contributed by atoms with E-state index in [2.05, 4.69) is 0 Å². The summed E-state index contributed by atoms with van der Waals surface area (Å²) in [4.78, 5) is 10.3. The zero-order valence-corrected chi connectivity index (χ0v) is 7.08. The van der Waals surface area contributed by atoms with Crippen molar-refractivity contribution in [2.75, 3.05) is 0 Å². The Balaban J connectivity index is 3.10. The minimum absolute atomic E-state index is 0.187. The van der Waals surface area contributed by atoms with Crippen LogP contribution in [0.1, 0.15) is 5.56 Å². The Morgan fingerprint density at radius 3 is 2.36 bits per heavy atom. The molecule has 0 aliphatic carbocycles. The van der Waals surface area contributed by atoms with Crippen molar-refractivity contribution in [3.63, 3.8) is 0 Å². The van der Waals surface area contributed by atoms with Gasteiger partial charge in [-0.25, -0.2) is 0 Å². The summed E-state index contributed by atoms with van der Waals surface area (Å²) in [6.45, 7) is -5.13. The molecule has 1 aromatic rings. The Bertz CT molecular complexity index is 349. The molecular weight excluding hydrogens is 196 g/mol. The topological polar surface area (TPSA) is 37.3 Å². The smallest absolute Gasteiger partial charge is 0.481 e. The van der Waals surface area contributed by atoms with Gasteiger partial charge in [-0.05, 0) is 0 Å². The predicted octanol–water partition coefficient (Wildman–Crippen LogP) is 1.37. The molecule has 0 heterocycles. The summed E-state index contributed by atoms with van der Waals surface area (Å²) in [6.07, 6.45) is -0.600. The van der Waals surface area contributed by atoms with Gasteiger partial charge in [0, 0.05) is 0 Å². The van der Waals surface area contributed by atoms with Crippen LogP contribution in [0.5, 0.6) is 0 Å². The molecule has 1 N–H and O–H groups in total. The second kappa shape index (κ2) is 3.73. The Morgan fingerprint density at radius 2 is 1.86 bits per heavy atom. The van der Waals surface area contributed by atoms with Crippen LogP contribution in [0.25, 0.3) is 0 Å². The highest BCUT2D eigenvalue weighted by molar-refractivity contribution is 6.74. The summed E-state index contributed by atoms with van der Waals surface area (Å²) in [5.41, 5.74) is -1.01. The van der Waals surface area contributed by atoms with Gasteiger partial charge in [-0.3, -0.25) is 4.79 Å². The maximum Gasteiger partial charge on any atom is 0.509 e. The summed E-state index contributed by atoms with van der Waals surface area (Å²) in [5.74, 6) is -1.27. The van der Waals surface area contributed by atoms with E-state index < -0.39 is 24.8 Å². The third-order valence-electron chi connectivity index (χ3n) is 1.75. The van der Waals surface area contributed by atoms with Crippen LogP contribution in [0.2, 0.25) is 0 Å². The first-order valence-corrected chi connectivity index (χ1v) is 3.91. The Labute approximate surface area is 78.4 Å². The van der Waals surface area contributed by atoms with E-state index in [4.69, 9.17) is 5.11 Å². The monoisotopic (exact) mass is 203 g/mol. The first kappa shape index (κ1) is 10.6. The zero-order valence-electron chi connectivity index (χ0n) is 7.08. The molecule has 0 aromatic heterocycles. The molecule has 0 unspecified atom stereocenters. The minimum atomic E-state index is -5.13. The van der Waals surface area contributed by atoms with E-state index in [-0.39, 0.29) is 5.56 Å². The highest BCUT2D eigenvalue weighted by atomic mass is 19.4. The molecule has 0 bridgehead atoms. The van der Waals surface area contributed by atoms with E-state index in [0.29, 0.717) is 0 Å². The second-order valence-electron chi connectivity index (χ2n) is 2.84. The first-order chi connectivity index (χ1) is 6.41. The Morgan fingerprint density at radius 1 is 1.29 bits per heavy atom. The van der Waals surface area contributed by atoms with Crippen molar-refractivity contribution in [1.29, 1.82) is 0 Å². The third kappa shape index (κ3) is 2.51. The lowest BCUT2D eigenvalue weighted by Crippen LogP contribution is -2.37. The van der Waals surface area contributed by atoms with Gasteiger partial charge in [0.2, 0.25) is 0 Å². The average molecular weight is 203 g/mol. The van der Waals surface area contributed by atoms with Gasteiger partial charge in [-0.1, -0.05) is 29.8 Å². The van der Waals surface area contributed by atoms with Gasteiger partial charge in [0.25, 0.3) is 0 Å². The van der Waals surface area contributed by atoms with Crippen molar-refractivity contribution in [1.82, 2.24) is 0 Å². The number of aliphatic carboxylic acids is 1. The zero-order chi connectivity index (χ0) is 10.8. The van der Waals surface area contributed by atoms with E-state index in [1.165, 1.54) is 18.2 Å². The van der Waals surface area contributed by atoms with E-state index in [9.17, 15) is 17.7 Å². The van der Waals surface area contributed by atoms with Crippen LogP contribution in [0.15, 0.2) is 24.3 Å². The Hall–Kier alpha value is -1.46. The molecule has 0 fully saturated rings. The normalized spacial score (nSPS) is 11.4. The summed E-state index contributed by atoms with van der Waals surface area (Å²) in [6, 6.07) is 4.72. The van der Waals surface area contributed by atoms with Gasteiger partial charge in [0.05, 0.1) is 6.42 Å². The predicted molar refractivity (Wildman–Crippen MR) is 46.5 cm³/mol. The number of hydrogen-bond acceptors (Lipinski definition) is 1. The lowest BCUT2D eigenvalue weighted by atomic mass is 9.76. The highest BCUT2D eigenvalue weighted by Crippen LogP contribution is 2.12. The van der Waals surface area contributed by atoms with Crippen molar-refractivity contribution in [3.8, 4) is 0 Å². The van der Waals surface area contributed by atoms with Crippen molar-refractivity contribution in [2.45, 2.75) is 6.42 Å². The summed E-state index contributed by atoms with van der Waals surface area (Å²) in [5, 5.41) is 8.40. The number of rotatable bonds is 3. The lowest BCUT2D eigenvalue weighted by molar-refractivity contribution is -0.136. The molecule has 1 rings (SSSR count). The molecule has 0 saturated carbocycles. The summed E-state index contributed by atoms with van der Waals surface area (Å²) < 4.78 is 37.1. The minimum Gasteiger partial charge on any atom is -0.481 e. The van der Waals surface area contributed by atoms with Gasteiger partial charge in [-0.15, -0.1) is 5.46 Å². The SMILES string of the molecule is O=C(O)Cc1ccccc1[B-](F)(F)F. The van der Waals surface area contributed by atoms with Crippen LogP contribution in [0.4, 0.5) is 12.9 Å². The fraction of sp³-hybridized carbons (Fsp3) is 0.125. The molecule has 0 aliphatic heterocycles. The van der Waals surface area contributed by atoms with Crippen LogP contribution in [0.3, 0.4) is 0 Å². The summed E-state index contributed by atoms with van der Waals surface area (Å²) in [7, 11) is 0. The van der Waals surface area contributed by atoms with Crippen LogP contribution in [0, 0.1) is 0 Å². The van der Waals surface area contributed by atoms with Crippen molar-refractivity contribution >= 4 is 18.4 Å². The van der Waals surface area contributed by atoms with Crippen LogP contribution >= 0.6 is 0 Å². The molecule has 76 valence electrons. The summed E-state index contributed by atoms with van der Waals surface area (Å²) >= 11 is 0. The van der Waals surface area contributed by atoms with Gasteiger partial charge >= 0.3 is 12.9 Å². The average Bonchev–Trinajstić information content (AvgIpc) is 2.01. The number of carboxylic acid groups (broad SMARTS) is 1. The maximum absolute atomic E-state index is 12.4. The number of halogens is 3.